The maximum atomic E-state index is 6.30. The molecule has 3 aromatic rings. The molecule has 2 heterocycles. The summed E-state index contributed by atoms with van der Waals surface area (Å²) in [5, 5.41) is 6.26. The third kappa shape index (κ3) is 4.92. The van der Waals surface area contributed by atoms with Crippen LogP contribution in [0.4, 0.5) is 0 Å². The Labute approximate surface area is 177 Å². The lowest BCUT2D eigenvalue weighted by atomic mass is 9.98. The van der Waals surface area contributed by atoms with Crippen LogP contribution in [0.25, 0.3) is 11.3 Å². The molecule has 0 aliphatic carbocycles. The van der Waals surface area contributed by atoms with Crippen LogP contribution in [0.5, 0.6) is 0 Å². The minimum atomic E-state index is 0.527. The lowest BCUT2D eigenvalue weighted by Gasteiger charge is -2.22. The second-order valence-corrected chi connectivity index (χ2v) is 9.19. The van der Waals surface area contributed by atoms with Gasteiger partial charge in [-0.05, 0) is 48.4 Å². The maximum Gasteiger partial charge on any atom is 0.151 e. The maximum absolute atomic E-state index is 6.30. The number of fused-ring (bicyclic) bond motifs is 1. The first-order valence-electron chi connectivity index (χ1n) is 10.3. The van der Waals surface area contributed by atoms with E-state index in [9.17, 15) is 0 Å². The van der Waals surface area contributed by atoms with Crippen molar-refractivity contribution in [3.63, 3.8) is 0 Å². The summed E-state index contributed by atoms with van der Waals surface area (Å²) in [6, 6.07) is 17.2. The van der Waals surface area contributed by atoms with Crippen LogP contribution >= 0.6 is 11.8 Å². The van der Waals surface area contributed by atoms with Crippen molar-refractivity contribution in [2.45, 2.75) is 44.6 Å². The van der Waals surface area contributed by atoms with Crippen molar-refractivity contribution in [1.82, 2.24) is 10.2 Å². The van der Waals surface area contributed by atoms with Crippen LogP contribution in [0.15, 0.2) is 57.9 Å². The monoisotopic (exact) mass is 407 g/mol. The van der Waals surface area contributed by atoms with Gasteiger partial charge in [0.25, 0.3) is 0 Å². The van der Waals surface area contributed by atoms with Crippen molar-refractivity contribution in [3.05, 3.63) is 71.0 Å². The van der Waals surface area contributed by atoms with Gasteiger partial charge in [-0.25, -0.2) is 5.01 Å². The molecule has 2 aromatic carbocycles. The van der Waals surface area contributed by atoms with Crippen molar-refractivity contribution < 1.29 is 4.52 Å². The smallest absolute Gasteiger partial charge is 0.151 e. The lowest BCUT2D eigenvalue weighted by molar-refractivity contribution is 0.229. The van der Waals surface area contributed by atoms with Crippen LogP contribution in [0, 0.1) is 12.8 Å². The molecule has 0 saturated heterocycles. The molecule has 0 saturated carbocycles. The van der Waals surface area contributed by atoms with Crippen LogP contribution < -0.4 is 5.84 Å². The van der Waals surface area contributed by atoms with Gasteiger partial charge in [0.05, 0.1) is 4.90 Å². The fourth-order valence-electron chi connectivity index (χ4n) is 3.90. The van der Waals surface area contributed by atoms with E-state index in [0.29, 0.717) is 5.92 Å². The topological polar surface area (TPSA) is 55.3 Å². The first kappa shape index (κ1) is 20.2. The number of nitrogens with two attached hydrogens (primary N) is 1. The number of benzene rings is 2. The molecular formula is C24H29N3OS. The van der Waals surface area contributed by atoms with E-state index in [2.05, 4.69) is 67.5 Å². The molecule has 5 heteroatoms. The summed E-state index contributed by atoms with van der Waals surface area (Å²) in [6.07, 6.45) is 3.14. The summed E-state index contributed by atoms with van der Waals surface area (Å²) >= 11 is 1.85. The van der Waals surface area contributed by atoms with Crippen LogP contribution in [0.2, 0.25) is 0 Å². The predicted octanol–water partition coefficient (Wildman–Crippen LogP) is 5.24. The SMILES string of the molecule is Cc1ccccc1CN(N)CC(C)CCc1cccc(-c2noc3c2SCC3)c1. The highest BCUT2D eigenvalue weighted by atomic mass is 32.2. The van der Waals surface area contributed by atoms with E-state index in [0.717, 1.165) is 55.1 Å². The molecule has 2 N–H and O–H groups in total. The third-order valence-corrected chi connectivity index (χ3v) is 6.72. The Morgan fingerprint density at radius 1 is 1.21 bits per heavy atom. The number of hydrogen-bond acceptors (Lipinski definition) is 5. The minimum Gasteiger partial charge on any atom is -0.360 e. The highest BCUT2D eigenvalue weighted by Crippen LogP contribution is 2.39. The quantitative estimate of drug-likeness (QED) is 0.409. The summed E-state index contributed by atoms with van der Waals surface area (Å²) in [7, 11) is 0. The Hall–Kier alpha value is -2.08. The largest absolute Gasteiger partial charge is 0.360 e. The van der Waals surface area contributed by atoms with E-state index in [4.69, 9.17) is 10.4 Å². The normalized spacial score (nSPS) is 14.3. The molecular weight excluding hydrogens is 378 g/mol. The zero-order chi connectivity index (χ0) is 20.2. The number of aryl methyl sites for hydroxylation is 3. The molecule has 0 radical (unpaired) electrons. The first-order chi connectivity index (χ1) is 14.1. The Bertz CT molecular complexity index is 968. The average Bonchev–Trinajstić information content (AvgIpc) is 3.32. The van der Waals surface area contributed by atoms with Crippen LogP contribution in [0.1, 0.15) is 35.8 Å². The summed E-state index contributed by atoms with van der Waals surface area (Å²) in [5.41, 5.74) is 6.10. The molecule has 4 rings (SSSR count). The Morgan fingerprint density at radius 2 is 2.07 bits per heavy atom. The van der Waals surface area contributed by atoms with Gasteiger partial charge in [0.15, 0.2) is 5.76 Å². The molecule has 0 spiro atoms. The number of aromatic nitrogens is 1. The Morgan fingerprint density at radius 3 is 2.93 bits per heavy atom. The highest BCUT2D eigenvalue weighted by Gasteiger charge is 2.23. The molecule has 1 aliphatic rings. The number of hydrogen-bond donors (Lipinski definition) is 1. The second-order valence-electron chi connectivity index (χ2n) is 8.08. The van der Waals surface area contributed by atoms with Gasteiger partial charge in [-0.15, -0.1) is 11.8 Å². The van der Waals surface area contributed by atoms with Crippen molar-refractivity contribution in [1.29, 1.82) is 0 Å². The summed E-state index contributed by atoms with van der Waals surface area (Å²) in [6.45, 7) is 6.11. The van der Waals surface area contributed by atoms with Crippen LogP contribution in [-0.2, 0) is 19.4 Å². The molecule has 1 atom stereocenters. The van der Waals surface area contributed by atoms with Crippen molar-refractivity contribution >= 4 is 11.8 Å². The number of hydrazine groups is 1. The van der Waals surface area contributed by atoms with E-state index in [1.54, 1.807) is 0 Å². The van der Waals surface area contributed by atoms with E-state index in [1.165, 1.54) is 21.6 Å². The van der Waals surface area contributed by atoms with Gasteiger partial charge in [-0.1, -0.05) is 54.5 Å². The van der Waals surface area contributed by atoms with Gasteiger partial charge in [0.1, 0.15) is 5.69 Å². The van der Waals surface area contributed by atoms with Crippen molar-refractivity contribution in [2.24, 2.45) is 11.8 Å². The van der Waals surface area contributed by atoms with Gasteiger partial charge in [-0.3, -0.25) is 5.84 Å². The predicted molar refractivity (Wildman–Crippen MR) is 120 cm³/mol. The first-order valence-corrected chi connectivity index (χ1v) is 11.3. The van der Waals surface area contributed by atoms with Gasteiger partial charge in [0, 0.05) is 30.8 Å². The number of thioether (sulfide) groups is 1. The standard InChI is InChI=1S/C24H29N3OS/c1-17(15-27(25)16-21-8-4-3-6-18(21)2)10-11-19-7-5-9-20(14-19)23-24-22(28-26-23)12-13-29-24/h3-9,14,17H,10-13,15-16,25H2,1-2H3. The minimum absolute atomic E-state index is 0.527. The van der Waals surface area contributed by atoms with Gasteiger partial charge < -0.3 is 4.52 Å². The highest BCUT2D eigenvalue weighted by molar-refractivity contribution is 7.99. The van der Waals surface area contributed by atoms with E-state index in [1.807, 2.05) is 16.8 Å². The Kier molecular flexibility index (Phi) is 6.38. The third-order valence-electron chi connectivity index (χ3n) is 5.60. The molecule has 29 heavy (non-hydrogen) atoms. The summed E-state index contributed by atoms with van der Waals surface area (Å²) in [5.74, 6) is 8.96. The van der Waals surface area contributed by atoms with E-state index >= 15 is 0 Å². The fourth-order valence-corrected chi connectivity index (χ4v) is 4.99. The van der Waals surface area contributed by atoms with Gasteiger partial charge in [0.2, 0.25) is 0 Å². The van der Waals surface area contributed by atoms with Crippen LogP contribution in [-0.4, -0.2) is 22.5 Å². The zero-order valence-electron chi connectivity index (χ0n) is 17.2. The lowest BCUT2D eigenvalue weighted by Crippen LogP contribution is -2.34. The van der Waals surface area contributed by atoms with Crippen molar-refractivity contribution in [2.75, 3.05) is 12.3 Å². The molecule has 1 unspecified atom stereocenters. The molecule has 0 fully saturated rings. The van der Waals surface area contributed by atoms with E-state index < -0.39 is 0 Å². The number of nitrogens with zero attached hydrogens (tertiary/aromatic N) is 2. The molecule has 0 amide bonds. The molecule has 1 aromatic heterocycles. The van der Waals surface area contributed by atoms with E-state index in [-0.39, 0.29) is 0 Å². The second kappa shape index (κ2) is 9.16. The Balaban J connectivity index is 1.32. The average molecular weight is 408 g/mol. The molecule has 152 valence electrons. The van der Waals surface area contributed by atoms with Gasteiger partial charge in [-0.2, -0.15) is 0 Å². The zero-order valence-corrected chi connectivity index (χ0v) is 18.0. The number of rotatable bonds is 8. The summed E-state index contributed by atoms with van der Waals surface area (Å²) in [4.78, 5) is 1.23. The summed E-state index contributed by atoms with van der Waals surface area (Å²) < 4.78 is 5.51. The molecule has 1 aliphatic heterocycles. The fraction of sp³-hybridized carbons (Fsp3) is 0.375. The molecule has 4 nitrogen and oxygen atoms in total. The van der Waals surface area contributed by atoms with Gasteiger partial charge >= 0.3 is 0 Å². The molecule has 0 bridgehead atoms. The van der Waals surface area contributed by atoms with Crippen molar-refractivity contribution in [3.8, 4) is 11.3 Å². The van der Waals surface area contributed by atoms with Crippen LogP contribution in [0.3, 0.4) is 0 Å².